The summed E-state index contributed by atoms with van der Waals surface area (Å²) < 4.78 is 0. The van der Waals surface area contributed by atoms with Crippen LogP contribution in [0.2, 0.25) is 10.0 Å². The third kappa shape index (κ3) is 4.53. The molecule has 0 aliphatic heterocycles. The largest absolute Gasteiger partial charge is 0.307 e. The molecular weight excluding hydrogens is 377 g/mol. The molecule has 0 saturated carbocycles. The van der Waals surface area contributed by atoms with Crippen LogP contribution < -0.4 is 10.6 Å². The lowest BCUT2D eigenvalue weighted by Crippen LogP contribution is -2.16. The Kier molecular flexibility index (Phi) is 5.40. The van der Waals surface area contributed by atoms with Crippen molar-refractivity contribution in [2.75, 3.05) is 10.6 Å². The molecule has 0 saturated heterocycles. The first-order valence-corrected chi connectivity index (χ1v) is 8.09. The van der Waals surface area contributed by atoms with Gasteiger partial charge >= 0.3 is 0 Å². The molecule has 0 unspecified atom stereocenters. The molecule has 26 heavy (non-hydrogen) atoms. The topological polar surface area (TPSA) is 96.9 Å². The molecule has 0 atom stereocenters. The highest BCUT2D eigenvalue weighted by Crippen LogP contribution is 2.12. The van der Waals surface area contributed by atoms with Crippen molar-refractivity contribution in [3.8, 4) is 0 Å². The fourth-order valence-corrected chi connectivity index (χ4v) is 2.15. The summed E-state index contributed by atoms with van der Waals surface area (Å²) in [7, 11) is 0. The van der Waals surface area contributed by atoms with Crippen molar-refractivity contribution >= 4 is 46.7 Å². The molecule has 0 bridgehead atoms. The van der Waals surface area contributed by atoms with E-state index >= 15 is 0 Å². The van der Waals surface area contributed by atoms with Crippen LogP contribution >= 0.6 is 23.2 Å². The van der Waals surface area contributed by atoms with E-state index in [-0.39, 0.29) is 11.3 Å². The lowest BCUT2D eigenvalue weighted by molar-refractivity contribution is 0.101. The third-order valence-corrected chi connectivity index (χ3v) is 3.64. The van der Waals surface area contributed by atoms with E-state index in [1.807, 2.05) is 0 Å². The second-order valence-corrected chi connectivity index (χ2v) is 5.94. The van der Waals surface area contributed by atoms with E-state index in [1.165, 1.54) is 30.7 Å². The smallest absolute Gasteiger partial charge is 0.275 e. The Bertz CT molecular complexity index is 850. The van der Waals surface area contributed by atoms with Gasteiger partial charge < -0.3 is 10.6 Å². The minimum atomic E-state index is -0.453. The van der Waals surface area contributed by atoms with Gasteiger partial charge in [-0.25, -0.2) is 9.97 Å². The first-order chi connectivity index (χ1) is 12.5. The first kappa shape index (κ1) is 17.8. The predicted octanol–water partition coefficient (Wildman–Crippen LogP) is 3.68. The van der Waals surface area contributed by atoms with Crippen molar-refractivity contribution < 1.29 is 9.59 Å². The lowest BCUT2D eigenvalue weighted by Gasteiger charge is -2.06. The highest BCUT2D eigenvalue weighted by atomic mass is 35.5. The lowest BCUT2D eigenvalue weighted by atomic mass is 10.2. The molecule has 3 aromatic heterocycles. The average molecular weight is 388 g/mol. The van der Waals surface area contributed by atoms with Crippen LogP contribution in [-0.4, -0.2) is 26.8 Å². The Morgan fingerprint density at radius 3 is 1.73 bits per heavy atom. The number of hydrogen-bond donors (Lipinski definition) is 2. The normalized spacial score (nSPS) is 10.2. The molecule has 0 aliphatic carbocycles. The van der Waals surface area contributed by atoms with E-state index in [1.54, 1.807) is 24.3 Å². The van der Waals surface area contributed by atoms with Gasteiger partial charge in [0.05, 0.1) is 15.6 Å². The summed E-state index contributed by atoms with van der Waals surface area (Å²) in [4.78, 5) is 36.2. The molecule has 0 aromatic carbocycles. The first-order valence-electron chi connectivity index (χ1n) is 7.33. The van der Waals surface area contributed by atoms with Crippen LogP contribution in [0.1, 0.15) is 20.8 Å². The zero-order chi connectivity index (χ0) is 18.5. The maximum atomic E-state index is 12.2. The number of pyridine rings is 3. The molecule has 130 valence electrons. The zero-order valence-electron chi connectivity index (χ0n) is 13.1. The van der Waals surface area contributed by atoms with Gasteiger partial charge in [0.25, 0.3) is 11.8 Å². The Hall–Kier alpha value is -3.03. The second kappa shape index (κ2) is 7.90. The van der Waals surface area contributed by atoms with Crippen molar-refractivity contribution in [2.24, 2.45) is 0 Å². The molecular formula is C17H11Cl2N5O2. The predicted molar refractivity (Wildman–Crippen MR) is 98.6 cm³/mol. The number of nitrogens with one attached hydrogen (secondary N) is 2. The number of aromatic nitrogens is 3. The summed E-state index contributed by atoms with van der Waals surface area (Å²) in [5, 5.41) is 6.12. The summed E-state index contributed by atoms with van der Waals surface area (Å²) in [5.74, 6) is -0.156. The number of carbonyl (C=O) groups is 2. The summed E-state index contributed by atoms with van der Waals surface area (Å²) in [6, 6.07) is 9.30. The van der Waals surface area contributed by atoms with Gasteiger partial charge in [-0.15, -0.1) is 0 Å². The van der Waals surface area contributed by atoms with Gasteiger partial charge in [-0.1, -0.05) is 23.2 Å². The Morgan fingerprint density at radius 2 is 1.27 bits per heavy atom. The molecule has 7 nitrogen and oxygen atoms in total. The number of rotatable bonds is 4. The number of halogens is 2. The van der Waals surface area contributed by atoms with Gasteiger partial charge in [0.1, 0.15) is 17.3 Å². The minimum Gasteiger partial charge on any atom is -0.307 e. The number of anilines is 2. The van der Waals surface area contributed by atoms with E-state index in [0.29, 0.717) is 21.7 Å². The molecule has 0 aliphatic rings. The van der Waals surface area contributed by atoms with Crippen LogP contribution in [0.15, 0.2) is 55.0 Å². The molecule has 0 fully saturated rings. The van der Waals surface area contributed by atoms with Gasteiger partial charge in [0.15, 0.2) is 0 Å². The van der Waals surface area contributed by atoms with E-state index in [0.717, 1.165) is 0 Å². The SMILES string of the molecule is O=C(Nc1ccc(Cl)cn1)c1ccc(C(=O)Nc2ccc(Cl)cn2)nc1. The van der Waals surface area contributed by atoms with E-state index < -0.39 is 11.8 Å². The van der Waals surface area contributed by atoms with Crippen LogP contribution in [0, 0.1) is 0 Å². The Labute approximate surface area is 158 Å². The van der Waals surface area contributed by atoms with Crippen molar-refractivity contribution in [1.82, 2.24) is 15.0 Å². The fourth-order valence-electron chi connectivity index (χ4n) is 1.93. The molecule has 3 heterocycles. The molecule has 0 spiro atoms. The average Bonchev–Trinajstić information content (AvgIpc) is 2.65. The summed E-state index contributed by atoms with van der Waals surface area (Å²) in [5.41, 5.74) is 0.422. The van der Waals surface area contributed by atoms with Crippen LogP contribution in [0.4, 0.5) is 11.6 Å². The number of nitrogens with zero attached hydrogens (tertiary/aromatic N) is 3. The van der Waals surface area contributed by atoms with E-state index in [2.05, 4.69) is 25.6 Å². The van der Waals surface area contributed by atoms with Gasteiger partial charge in [-0.05, 0) is 36.4 Å². The minimum absolute atomic E-state index is 0.142. The Balaban J connectivity index is 1.65. The van der Waals surface area contributed by atoms with E-state index in [4.69, 9.17) is 23.2 Å². The number of carbonyl (C=O) groups excluding carboxylic acids is 2. The standard InChI is InChI=1S/C17H11Cl2N5O2/c18-11-2-5-14(21-8-11)23-16(25)10-1-4-13(20-7-10)17(26)24-15-6-3-12(19)9-22-15/h1-9H,(H,21,23,25)(H,22,24,26). The third-order valence-electron chi connectivity index (χ3n) is 3.20. The summed E-state index contributed by atoms with van der Waals surface area (Å²) in [6.45, 7) is 0. The highest BCUT2D eigenvalue weighted by Gasteiger charge is 2.12. The van der Waals surface area contributed by atoms with Crippen molar-refractivity contribution in [3.63, 3.8) is 0 Å². The van der Waals surface area contributed by atoms with Gasteiger partial charge in [0, 0.05) is 18.6 Å². The second-order valence-electron chi connectivity index (χ2n) is 5.06. The molecule has 3 aromatic rings. The van der Waals surface area contributed by atoms with Crippen LogP contribution in [-0.2, 0) is 0 Å². The van der Waals surface area contributed by atoms with Crippen LogP contribution in [0.25, 0.3) is 0 Å². The molecule has 9 heteroatoms. The van der Waals surface area contributed by atoms with Crippen molar-refractivity contribution in [1.29, 1.82) is 0 Å². The maximum Gasteiger partial charge on any atom is 0.275 e. The Morgan fingerprint density at radius 1 is 0.692 bits per heavy atom. The van der Waals surface area contributed by atoms with Crippen molar-refractivity contribution in [3.05, 3.63) is 76.3 Å². The van der Waals surface area contributed by atoms with Gasteiger partial charge in [0.2, 0.25) is 0 Å². The van der Waals surface area contributed by atoms with Crippen LogP contribution in [0.5, 0.6) is 0 Å². The zero-order valence-corrected chi connectivity index (χ0v) is 14.6. The monoisotopic (exact) mass is 387 g/mol. The van der Waals surface area contributed by atoms with Crippen molar-refractivity contribution in [2.45, 2.75) is 0 Å². The molecule has 2 N–H and O–H groups in total. The number of amides is 2. The summed E-state index contributed by atoms with van der Waals surface area (Å²) >= 11 is 11.5. The molecule has 0 radical (unpaired) electrons. The maximum absolute atomic E-state index is 12.2. The van der Waals surface area contributed by atoms with Crippen LogP contribution in [0.3, 0.4) is 0 Å². The molecule has 3 rings (SSSR count). The highest BCUT2D eigenvalue weighted by molar-refractivity contribution is 6.30. The van der Waals surface area contributed by atoms with Gasteiger partial charge in [-0.3, -0.25) is 14.6 Å². The fraction of sp³-hybridized carbons (Fsp3) is 0. The van der Waals surface area contributed by atoms with E-state index in [9.17, 15) is 9.59 Å². The molecule has 2 amide bonds. The summed E-state index contributed by atoms with van der Waals surface area (Å²) in [6.07, 6.45) is 4.14. The van der Waals surface area contributed by atoms with Gasteiger partial charge in [-0.2, -0.15) is 0 Å². The quantitative estimate of drug-likeness (QED) is 0.711. The number of hydrogen-bond acceptors (Lipinski definition) is 5.